The van der Waals surface area contributed by atoms with Crippen molar-refractivity contribution in [3.8, 4) is 17.1 Å². The van der Waals surface area contributed by atoms with E-state index < -0.39 is 0 Å². The first kappa shape index (κ1) is 7.24. The van der Waals surface area contributed by atoms with Gasteiger partial charge in [0.15, 0.2) is 0 Å². The van der Waals surface area contributed by atoms with Crippen LogP contribution in [0.3, 0.4) is 0 Å². The van der Waals surface area contributed by atoms with E-state index in [0.29, 0.717) is 5.69 Å². The highest BCUT2D eigenvalue weighted by molar-refractivity contribution is 7.07. The highest BCUT2D eigenvalue weighted by Gasteiger charge is 2.00. The number of rotatable bonds is 1. The molecule has 59 valence electrons. The van der Waals surface area contributed by atoms with E-state index in [2.05, 4.69) is 16.0 Å². The Morgan fingerprint density at radius 2 is 2.33 bits per heavy atom. The summed E-state index contributed by atoms with van der Waals surface area (Å²) in [4.78, 5) is 8.02. The Morgan fingerprint density at radius 3 is 2.92 bits per heavy atom. The summed E-state index contributed by atoms with van der Waals surface area (Å²) in [5, 5.41) is 10.8. The van der Waals surface area contributed by atoms with E-state index in [0.717, 1.165) is 5.69 Å². The molecule has 2 aromatic rings. The van der Waals surface area contributed by atoms with Gasteiger partial charge in [0.2, 0.25) is 0 Å². The Balaban J connectivity index is 2.43. The van der Waals surface area contributed by atoms with Crippen LogP contribution in [0.2, 0.25) is 0 Å². The van der Waals surface area contributed by atoms with Crippen molar-refractivity contribution in [2.75, 3.05) is 0 Å². The van der Waals surface area contributed by atoms with Crippen LogP contribution in [0.15, 0.2) is 23.2 Å². The van der Waals surface area contributed by atoms with E-state index in [1.807, 2.05) is 5.38 Å². The predicted molar refractivity (Wildman–Crippen MR) is 45.8 cm³/mol. The SMILES string of the molecule is Oc1c[c]c(-c2cscn2)nc1. The number of hydrogen-bond donors (Lipinski definition) is 1. The highest BCUT2D eigenvalue weighted by Crippen LogP contribution is 2.17. The van der Waals surface area contributed by atoms with Crippen LogP contribution in [0, 0.1) is 6.07 Å². The molecule has 3 nitrogen and oxygen atoms in total. The Labute approximate surface area is 73.4 Å². The summed E-state index contributed by atoms with van der Waals surface area (Å²) in [6, 6.07) is 4.30. The number of pyridine rings is 1. The van der Waals surface area contributed by atoms with Crippen molar-refractivity contribution in [1.82, 2.24) is 9.97 Å². The van der Waals surface area contributed by atoms with Gasteiger partial charge in [0, 0.05) is 11.4 Å². The van der Waals surface area contributed by atoms with Crippen LogP contribution < -0.4 is 0 Å². The molecule has 0 spiro atoms. The third-order valence-electron chi connectivity index (χ3n) is 1.36. The molecule has 0 aliphatic heterocycles. The quantitative estimate of drug-likeness (QED) is 0.721. The Bertz CT molecular complexity index is 355. The van der Waals surface area contributed by atoms with E-state index in [4.69, 9.17) is 5.11 Å². The molecule has 0 amide bonds. The first-order chi connectivity index (χ1) is 5.86. The minimum absolute atomic E-state index is 0.119. The lowest BCUT2D eigenvalue weighted by Gasteiger charge is -1.93. The van der Waals surface area contributed by atoms with Crippen LogP contribution in [-0.2, 0) is 0 Å². The summed E-state index contributed by atoms with van der Waals surface area (Å²) in [5.41, 5.74) is 3.19. The fraction of sp³-hybridized carbons (Fsp3) is 0. The molecule has 0 saturated carbocycles. The van der Waals surface area contributed by atoms with Crippen molar-refractivity contribution in [2.24, 2.45) is 0 Å². The van der Waals surface area contributed by atoms with E-state index in [-0.39, 0.29) is 5.75 Å². The molecular weight excluding hydrogens is 172 g/mol. The molecular formula is C8H5N2OS. The van der Waals surface area contributed by atoms with Gasteiger partial charge in [0.25, 0.3) is 0 Å². The van der Waals surface area contributed by atoms with E-state index in [1.54, 1.807) is 5.51 Å². The third-order valence-corrected chi connectivity index (χ3v) is 1.94. The summed E-state index contributed by atoms with van der Waals surface area (Å²) in [7, 11) is 0. The number of thiazole rings is 1. The molecule has 0 unspecified atom stereocenters. The fourth-order valence-corrected chi connectivity index (χ4v) is 1.35. The molecule has 0 aliphatic carbocycles. The van der Waals surface area contributed by atoms with Crippen molar-refractivity contribution in [3.63, 3.8) is 0 Å². The van der Waals surface area contributed by atoms with Gasteiger partial charge in [0.05, 0.1) is 17.4 Å². The van der Waals surface area contributed by atoms with Crippen LogP contribution in [-0.4, -0.2) is 15.1 Å². The van der Waals surface area contributed by atoms with Gasteiger partial charge in [0.1, 0.15) is 11.4 Å². The summed E-state index contributed by atoms with van der Waals surface area (Å²) >= 11 is 1.51. The molecule has 4 heteroatoms. The van der Waals surface area contributed by atoms with Gasteiger partial charge < -0.3 is 5.11 Å². The lowest BCUT2D eigenvalue weighted by atomic mass is 10.3. The zero-order valence-corrected chi connectivity index (χ0v) is 6.88. The maximum Gasteiger partial charge on any atom is 0.134 e. The lowest BCUT2D eigenvalue weighted by Crippen LogP contribution is -1.81. The summed E-state index contributed by atoms with van der Waals surface area (Å²) in [6.45, 7) is 0. The molecule has 2 rings (SSSR count). The maximum absolute atomic E-state index is 8.94. The minimum atomic E-state index is 0.119. The topological polar surface area (TPSA) is 46.0 Å². The van der Waals surface area contributed by atoms with Gasteiger partial charge in [-0.2, -0.15) is 0 Å². The fourth-order valence-electron chi connectivity index (χ4n) is 0.817. The van der Waals surface area contributed by atoms with Gasteiger partial charge in [-0.3, -0.25) is 4.98 Å². The Hall–Kier alpha value is -1.42. The molecule has 0 atom stereocenters. The van der Waals surface area contributed by atoms with Crippen LogP contribution in [0.4, 0.5) is 0 Å². The molecule has 0 bridgehead atoms. The van der Waals surface area contributed by atoms with Crippen LogP contribution in [0.25, 0.3) is 11.4 Å². The highest BCUT2D eigenvalue weighted by atomic mass is 32.1. The van der Waals surface area contributed by atoms with E-state index in [9.17, 15) is 0 Å². The second kappa shape index (κ2) is 2.91. The zero-order valence-electron chi connectivity index (χ0n) is 6.06. The number of hydrogen-bond acceptors (Lipinski definition) is 4. The summed E-state index contributed by atoms with van der Waals surface area (Å²) in [5.74, 6) is 0.119. The van der Waals surface area contributed by atoms with Crippen LogP contribution in [0.1, 0.15) is 0 Å². The average Bonchev–Trinajstić information content (AvgIpc) is 2.58. The largest absolute Gasteiger partial charge is 0.506 e. The maximum atomic E-state index is 8.94. The zero-order chi connectivity index (χ0) is 8.39. The van der Waals surface area contributed by atoms with E-state index >= 15 is 0 Å². The van der Waals surface area contributed by atoms with E-state index in [1.165, 1.54) is 23.6 Å². The normalized spacial score (nSPS) is 10.0. The van der Waals surface area contributed by atoms with Gasteiger partial charge in [-0.05, 0) is 6.07 Å². The lowest BCUT2D eigenvalue weighted by molar-refractivity contribution is 0.472. The van der Waals surface area contributed by atoms with Crippen molar-refractivity contribution in [3.05, 3.63) is 29.2 Å². The molecule has 0 aromatic carbocycles. The molecule has 0 saturated heterocycles. The standard InChI is InChI=1S/C8H5N2OS/c11-6-1-2-7(9-3-6)8-4-12-5-10-8/h1,3-5,11H. The second-order valence-electron chi connectivity index (χ2n) is 2.19. The number of aromatic nitrogens is 2. The molecule has 2 aromatic heterocycles. The molecule has 12 heavy (non-hydrogen) atoms. The van der Waals surface area contributed by atoms with Crippen LogP contribution >= 0.6 is 11.3 Å². The van der Waals surface area contributed by atoms with Crippen LogP contribution in [0.5, 0.6) is 5.75 Å². The molecule has 2 heterocycles. The molecule has 1 N–H and O–H groups in total. The summed E-state index contributed by atoms with van der Waals surface area (Å²) < 4.78 is 0. The first-order valence-electron chi connectivity index (χ1n) is 3.31. The van der Waals surface area contributed by atoms with Gasteiger partial charge in [-0.15, -0.1) is 11.3 Å². The smallest absolute Gasteiger partial charge is 0.134 e. The Kier molecular flexibility index (Phi) is 1.75. The van der Waals surface area contributed by atoms with Gasteiger partial charge in [-0.1, -0.05) is 0 Å². The average molecular weight is 177 g/mol. The second-order valence-corrected chi connectivity index (χ2v) is 2.91. The molecule has 0 fully saturated rings. The Morgan fingerprint density at radius 1 is 1.42 bits per heavy atom. The molecule has 1 radical (unpaired) electrons. The van der Waals surface area contributed by atoms with Crippen molar-refractivity contribution < 1.29 is 5.11 Å². The predicted octanol–water partition coefficient (Wildman–Crippen LogP) is 1.71. The summed E-state index contributed by atoms with van der Waals surface area (Å²) in [6.07, 6.45) is 1.38. The monoisotopic (exact) mass is 177 g/mol. The van der Waals surface area contributed by atoms with Crippen molar-refractivity contribution in [1.29, 1.82) is 0 Å². The van der Waals surface area contributed by atoms with Gasteiger partial charge >= 0.3 is 0 Å². The van der Waals surface area contributed by atoms with Crippen molar-refractivity contribution in [2.45, 2.75) is 0 Å². The van der Waals surface area contributed by atoms with Crippen molar-refractivity contribution >= 4 is 11.3 Å². The third kappa shape index (κ3) is 1.29. The number of nitrogens with zero attached hydrogens (tertiary/aromatic N) is 2. The first-order valence-corrected chi connectivity index (χ1v) is 4.26. The van der Waals surface area contributed by atoms with Gasteiger partial charge in [-0.25, -0.2) is 4.98 Å². The number of aromatic hydroxyl groups is 1. The minimum Gasteiger partial charge on any atom is -0.506 e. The molecule has 0 aliphatic rings.